The third kappa shape index (κ3) is 4.84. The van der Waals surface area contributed by atoms with Crippen molar-refractivity contribution in [3.63, 3.8) is 0 Å². The molecule has 0 radical (unpaired) electrons. The molecule has 5 rings (SSSR count). The molecule has 11 heteroatoms. The van der Waals surface area contributed by atoms with Crippen LogP contribution < -0.4 is 0 Å². The summed E-state index contributed by atoms with van der Waals surface area (Å²) in [6.07, 6.45) is 2.03. The van der Waals surface area contributed by atoms with Gasteiger partial charge in [0, 0.05) is 25.4 Å². The number of hydrogen-bond acceptors (Lipinski definition) is 6. The zero-order valence-electron chi connectivity index (χ0n) is 18.5. The van der Waals surface area contributed by atoms with Crippen LogP contribution >= 0.6 is 23.4 Å². The predicted octanol–water partition coefficient (Wildman–Crippen LogP) is 4.32. The normalized spacial score (nSPS) is 19.8. The van der Waals surface area contributed by atoms with Gasteiger partial charge in [-0.3, -0.25) is 0 Å². The lowest BCUT2D eigenvalue weighted by molar-refractivity contribution is 0.0730. The number of aromatic nitrogens is 2. The molecule has 1 aromatic heterocycles. The fraction of sp³-hybridized carbons (Fsp3) is 0.435. The highest BCUT2D eigenvalue weighted by Gasteiger charge is 2.28. The Hall–Kier alpha value is -1.69. The molecule has 0 N–H and O–H groups in total. The number of benzene rings is 2. The SMILES string of the molecule is O=S(=O)(c1ccc2c(c1)nc(SCc1cccc(Cl)c1F)n2CC1CCCO1)N1CCOCC1. The quantitative estimate of drug-likeness (QED) is 0.428. The smallest absolute Gasteiger partial charge is 0.243 e. The van der Waals surface area contributed by atoms with Crippen LogP contribution in [0.4, 0.5) is 4.39 Å². The number of thioether (sulfide) groups is 1. The van der Waals surface area contributed by atoms with Crippen LogP contribution in [0, 0.1) is 5.82 Å². The fourth-order valence-electron chi connectivity index (χ4n) is 4.26. The Balaban J connectivity index is 1.48. The highest BCUT2D eigenvalue weighted by atomic mass is 35.5. The molecule has 3 heterocycles. The molecule has 0 aliphatic carbocycles. The molecule has 0 amide bonds. The maximum Gasteiger partial charge on any atom is 0.243 e. The highest BCUT2D eigenvalue weighted by molar-refractivity contribution is 7.98. The first-order valence-corrected chi connectivity index (χ1v) is 14.0. The molecule has 2 saturated heterocycles. The zero-order chi connectivity index (χ0) is 23.7. The standard InChI is InChI=1S/C23H25ClFN3O4S2/c24-19-5-1-3-16(22(19)25)15-33-23-26-20-13-18(34(29,30)27-8-11-31-12-9-27)6-7-21(20)28(23)14-17-4-2-10-32-17/h1,3,5-7,13,17H,2,4,8-12,14-15H2. The summed E-state index contributed by atoms with van der Waals surface area (Å²) < 4.78 is 55.3. The first kappa shape index (κ1) is 24.0. The van der Waals surface area contributed by atoms with Crippen molar-refractivity contribution in [1.82, 2.24) is 13.9 Å². The highest BCUT2D eigenvalue weighted by Crippen LogP contribution is 2.32. The minimum atomic E-state index is -3.64. The summed E-state index contributed by atoms with van der Waals surface area (Å²) in [6, 6.07) is 10.00. The lowest BCUT2D eigenvalue weighted by Crippen LogP contribution is -2.40. The van der Waals surface area contributed by atoms with E-state index in [0.717, 1.165) is 25.0 Å². The Morgan fingerprint density at radius 2 is 2.00 bits per heavy atom. The van der Waals surface area contributed by atoms with Crippen molar-refractivity contribution in [3.8, 4) is 0 Å². The first-order chi connectivity index (χ1) is 16.4. The van der Waals surface area contributed by atoms with Gasteiger partial charge in [0.2, 0.25) is 10.0 Å². The number of halogens is 2. The maximum absolute atomic E-state index is 14.4. The third-order valence-electron chi connectivity index (χ3n) is 6.09. The monoisotopic (exact) mass is 525 g/mol. The van der Waals surface area contributed by atoms with Crippen LogP contribution in [0.25, 0.3) is 11.0 Å². The lowest BCUT2D eigenvalue weighted by atomic mass is 10.2. The Bertz CT molecular complexity index is 1290. The number of fused-ring (bicyclic) bond motifs is 1. The fourth-order valence-corrected chi connectivity index (χ4v) is 6.89. The van der Waals surface area contributed by atoms with Gasteiger partial charge in [0.25, 0.3) is 0 Å². The number of hydrogen-bond donors (Lipinski definition) is 0. The first-order valence-electron chi connectivity index (χ1n) is 11.2. The van der Waals surface area contributed by atoms with Gasteiger partial charge in [0.1, 0.15) is 5.82 Å². The molecule has 1 atom stereocenters. The molecule has 182 valence electrons. The van der Waals surface area contributed by atoms with Crippen molar-refractivity contribution in [3.05, 3.63) is 52.8 Å². The summed E-state index contributed by atoms with van der Waals surface area (Å²) in [4.78, 5) is 4.96. The van der Waals surface area contributed by atoms with E-state index in [9.17, 15) is 12.8 Å². The second-order valence-corrected chi connectivity index (χ2v) is 11.6. The van der Waals surface area contributed by atoms with Gasteiger partial charge in [-0.05, 0) is 42.7 Å². The molecule has 0 bridgehead atoms. The van der Waals surface area contributed by atoms with Gasteiger partial charge in [-0.15, -0.1) is 0 Å². The van der Waals surface area contributed by atoms with E-state index in [1.165, 1.54) is 22.1 Å². The molecule has 0 spiro atoms. The second kappa shape index (κ2) is 10.1. The molecule has 0 saturated carbocycles. The van der Waals surface area contributed by atoms with Crippen LogP contribution in [0.2, 0.25) is 5.02 Å². The molecular weight excluding hydrogens is 501 g/mol. The second-order valence-electron chi connectivity index (χ2n) is 8.31. The average molecular weight is 526 g/mol. The molecule has 2 fully saturated rings. The van der Waals surface area contributed by atoms with Gasteiger partial charge in [-0.1, -0.05) is 35.5 Å². The lowest BCUT2D eigenvalue weighted by Gasteiger charge is -2.26. The van der Waals surface area contributed by atoms with E-state index in [-0.39, 0.29) is 16.0 Å². The predicted molar refractivity (Wildman–Crippen MR) is 129 cm³/mol. The van der Waals surface area contributed by atoms with Gasteiger partial charge >= 0.3 is 0 Å². The minimum Gasteiger partial charge on any atom is -0.379 e. The summed E-state index contributed by atoms with van der Waals surface area (Å²) in [5.41, 5.74) is 1.90. The van der Waals surface area contributed by atoms with Crippen LogP contribution in [0.3, 0.4) is 0 Å². The molecule has 34 heavy (non-hydrogen) atoms. The van der Waals surface area contributed by atoms with Gasteiger partial charge < -0.3 is 14.0 Å². The third-order valence-corrected chi connectivity index (χ3v) is 9.30. The van der Waals surface area contributed by atoms with Crippen LogP contribution in [0.1, 0.15) is 18.4 Å². The van der Waals surface area contributed by atoms with Gasteiger partial charge in [0.15, 0.2) is 5.16 Å². The zero-order valence-corrected chi connectivity index (χ0v) is 20.8. The van der Waals surface area contributed by atoms with Crippen LogP contribution in [0.15, 0.2) is 46.5 Å². The van der Waals surface area contributed by atoms with Gasteiger partial charge in [0.05, 0.1) is 46.8 Å². The largest absolute Gasteiger partial charge is 0.379 e. The number of morpholine rings is 1. The van der Waals surface area contributed by atoms with Crippen LogP contribution in [-0.4, -0.2) is 61.3 Å². The summed E-state index contributed by atoms with van der Waals surface area (Å²) >= 11 is 7.33. The van der Waals surface area contributed by atoms with E-state index >= 15 is 0 Å². The van der Waals surface area contributed by atoms with Crippen molar-refractivity contribution >= 4 is 44.4 Å². The van der Waals surface area contributed by atoms with E-state index in [1.54, 1.807) is 30.3 Å². The molecule has 7 nitrogen and oxygen atoms in total. The Morgan fingerprint density at radius 3 is 2.76 bits per heavy atom. The Morgan fingerprint density at radius 1 is 1.18 bits per heavy atom. The van der Waals surface area contributed by atoms with Crippen molar-refractivity contribution in [2.45, 2.75) is 41.3 Å². The molecule has 2 aliphatic rings. The van der Waals surface area contributed by atoms with Crippen molar-refractivity contribution in [2.24, 2.45) is 0 Å². The molecule has 3 aromatic rings. The van der Waals surface area contributed by atoms with E-state index in [0.29, 0.717) is 54.8 Å². The number of ether oxygens (including phenoxy) is 2. The summed E-state index contributed by atoms with van der Waals surface area (Å²) in [6.45, 7) is 2.78. The summed E-state index contributed by atoms with van der Waals surface area (Å²) in [7, 11) is -3.64. The Kier molecular flexibility index (Phi) is 7.15. The number of rotatable bonds is 7. The topological polar surface area (TPSA) is 73.7 Å². The molecular formula is C23H25ClFN3O4S2. The average Bonchev–Trinajstić information content (AvgIpc) is 3.48. The van der Waals surface area contributed by atoms with E-state index in [4.69, 9.17) is 26.1 Å². The molecule has 1 unspecified atom stereocenters. The van der Waals surface area contributed by atoms with Crippen LogP contribution in [-0.2, 0) is 31.8 Å². The number of sulfonamides is 1. The van der Waals surface area contributed by atoms with Crippen molar-refractivity contribution < 1.29 is 22.3 Å². The van der Waals surface area contributed by atoms with Crippen LogP contribution in [0.5, 0.6) is 0 Å². The number of nitrogens with zero attached hydrogens (tertiary/aromatic N) is 3. The van der Waals surface area contributed by atoms with E-state index in [2.05, 4.69) is 0 Å². The Labute approximate surface area is 207 Å². The van der Waals surface area contributed by atoms with E-state index < -0.39 is 15.8 Å². The van der Waals surface area contributed by atoms with Crippen molar-refractivity contribution in [2.75, 3.05) is 32.9 Å². The molecule has 2 aliphatic heterocycles. The summed E-state index contributed by atoms with van der Waals surface area (Å²) in [5, 5.41) is 0.773. The van der Waals surface area contributed by atoms with Gasteiger partial charge in [-0.25, -0.2) is 17.8 Å². The molecule has 2 aromatic carbocycles. The minimum absolute atomic E-state index is 0.0661. The van der Waals surface area contributed by atoms with Crippen molar-refractivity contribution in [1.29, 1.82) is 0 Å². The van der Waals surface area contributed by atoms with Gasteiger partial charge in [-0.2, -0.15) is 4.31 Å². The van der Waals surface area contributed by atoms with E-state index in [1.807, 2.05) is 4.57 Å². The number of imidazole rings is 1. The maximum atomic E-state index is 14.4. The summed E-state index contributed by atoms with van der Waals surface area (Å²) in [5.74, 6) is -0.0856.